The Morgan fingerprint density at radius 2 is 0.557 bits per heavy atom. The fourth-order valence-corrected chi connectivity index (χ4v) is 11.3. The van der Waals surface area contributed by atoms with Gasteiger partial charge in [0.2, 0.25) is 0 Å². The number of aliphatic carboxylic acids is 1. The Morgan fingerprint density at radius 3 is 0.825 bits per heavy atom. The second kappa shape index (κ2) is 77.2. The Hall–Kier alpha value is -4.57. The van der Waals surface area contributed by atoms with E-state index in [1.54, 1.807) is 0 Å². The lowest BCUT2D eigenvalue weighted by molar-refractivity contribution is -0.870. The summed E-state index contributed by atoms with van der Waals surface area (Å²) in [4.78, 5) is 37.8. The van der Waals surface area contributed by atoms with Crippen LogP contribution in [0.2, 0.25) is 0 Å². The first-order valence-electron chi connectivity index (χ1n) is 40.3. The highest BCUT2D eigenvalue weighted by atomic mass is 16.7. The molecule has 2 unspecified atom stereocenters. The van der Waals surface area contributed by atoms with Crippen molar-refractivity contribution < 1.29 is 42.9 Å². The summed E-state index contributed by atoms with van der Waals surface area (Å²) in [5.41, 5.74) is 0. The van der Waals surface area contributed by atoms with Crippen LogP contribution in [0.4, 0.5) is 0 Å². The molecule has 0 fully saturated rings. The monoisotopic (exact) mass is 1350 g/mol. The number of ether oxygens (including phenoxy) is 4. The number of nitrogens with zero attached hydrogens (tertiary/aromatic N) is 1. The van der Waals surface area contributed by atoms with Crippen molar-refractivity contribution in [3.05, 3.63) is 134 Å². The number of unbranched alkanes of at least 4 members (excludes halogenated alkanes) is 37. The van der Waals surface area contributed by atoms with Crippen molar-refractivity contribution >= 4 is 17.9 Å². The van der Waals surface area contributed by atoms with Crippen molar-refractivity contribution in [1.29, 1.82) is 0 Å². The smallest absolute Gasteiger partial charge is 0.361 e. The van der Waals surface area contributed by atoms with Crippen LogP contribution in [0.1, 0.15) is 348 Å². The Morgan fingerprint density at radius 1 is 0.309 bits per heavy atom. The van der Waals surface area contributed by atoms with E-state index in [4.69, 9.17) is 18.9 Å². The van der Waals surface area contributed by atoms with Crippen LogP contribution in [0.15, 0.2) is 134 Å². The van der Waals surface area contributed by atoms with Crippen LogP contribution in [-0.2, 0) is 33.3 Å². The van der Waals surface area contributed by atoms with Gasteiger partial charge in [0.05, 0.1) is 34.4 Å². The second-order valence-electron chi connectivity index (χ2n) is 28.0. The van der Waals surface area contributed by atoms with E-state index in [-0.39, 0.29) is 32.2 Å². The Bertz CT molecular complexity index is 2060. The number of allylic oxidation sites excluding steroid dienone is 22. The van der Waals surface area contributed by atoms with Gasteiger partial charge in [-0.2, -0.15) is 0 Å². The number of esters is 2. The molecular formula is C88H152NO8+. The highest BCUT2D eigenvalue weighted by Gasteiger charge is 2.25. The summed E-state index contributed by atoms with van der Waals surface area (Å²) >= 11 is 0. The maximum atomic E-state index is 13.0. The van der Waals surface area contributed by atoms with Gasteiger partial charge in [-0.1, -0.05) is 359 Å². The average molecular weight is 1350 g/mol. The summed E-state index contributed by atoms with van der Waals surface area (Å²) in [5.74, 6) is -1.99. The lowest BCUT2D eigenvalue weighted by Gasteiger charge is -2.25. The summed E-state index contributed by atoms with van der Waals surface area (Å²) in [7, 11) is 5.99. The van der Waals surface area contributed by atoms with Crippen LogP contribution in [-0.4, -0.2) is 87.4 Å². The predicted molar refractivity (Wildman–Crippen MR) is 419 cm³/mol. The molecule has 0 aliphatic carbocycles. The van der Waals surface area contributed by atoms with Gasteiger partial charge in [0.1, 0.15) is 13.2 Å². The fourth-order valence-electron chi connectivity index (χ4n) is 11.3. The molecule has 0 aromatic rings. The van der Waals surface area contributed by atoms with E-state index in [2.05, 4.69) is 148 Å². The average Bonchev–Trinajstić information content (AvgIpc) is 3.11. The molecule has 2 atom stereocenters. The standard InChI is InChI=1S/C88H151NO8/c1-6-8-10-12-14-16-18-20-22-24-26-28-30-32-34-36-38-40-42-43-45-47-49-51-53-55-57-59-61-63-65-67-69-71-73-75-77-79-86(91)97-84(83-96-88(87(92)93)94-81-80-89(3,4)5)82-95-85(90)78-76-74-72-70-68-66-64-62-60-58-56-54-52-50-48-46-44-41-39-37-35-33-31-29-27-25-23-21-19-17-15-13-11-9-7-2/h8-11,14-17,20-23,26-29,32,34,38,40,43,45,84,88H,6-7,12-13,18-19,24-25,30-31,33,35-37,39,41-42,44,46-83H2,1-5H3/p+1/b10-8-,11-9-,16-14-,17-15-,22-20-,23-21-,28-26-,29-27-,34-32-,40-38-,45-43-. The molecule has 0 aliphatic rings. The van der Waals surface area contributed by atoms with Crippen molar-refractivity contribution in [1.82, 2.24) is 0 Å². The van der Waals surface area contributed by atoms with Crippen molar-refractivity contribution in [2.24, 2.45) is 0 Å². The maximum absolute atomic E-state index is 13.0. The first-order valence-corrected chi connectivity index (χ1v) is 40.3. The lowest BCUT2D eigenvalue weighted by atomic mass is 10.0. The molecular weight excluding hydrogens is 1200 g/mol. The number of carbonyl (C=O) groups is 3. The molecule has 0 bridgehead atoms. The normalized spacial score (nSPS) is 13.4. The minimum absolute atomic E-state index is 0.183. The molecule has 0 aromatic heterocycles. The van der Waals surface area contributed by atoms with Gasteiger partial charge in [-0.15, -0.1) is 0 Å². The maximum Gasteiger partial charge on any atom is 0.361 e. The van der Waals surface area contributed by atoms with Crippen LogP contribution in [0, 0.1) is 0 Å². The zero-order chi connectivity index (χ0) is 70.4. The van der Waals surface area contributed by atoms with Crippen molar-refractivity contribution in [3.8, 4) is 0 Å². The van der Waals surface area contributed by atoms with Gasteiger partial charge in [0.15, 0.2) is 6.10 Å². The molecule has 97 heavy (non-hydrogen) atoms. The van der Waals surface area contributed by atoms with Crippen LogP contribution < -0.4 is 0 Å². The third-order valence-corrected chi connectivity index (χ3v) is 17.4. The van der Waals surface area contributed by atoms with E-state index in [0.29, 0.717) is 17.4 Å². The molecule has 0 heterocycles. The highest BCUT2D eigenvalue weighted by molar-refractivity contribution is 5.71. The van der Waals surface area contributed by atoms with Gasteiger partial charge in [-0.05, 0) is 109 Å². The Kier molecular flexibility index (Phi) is 73.5. The van der Waals surface area contributed by atoms with Gasteiger partial charge in [-0.25, -0.2) is 4.79 Å². The molecule has 0 aliphatic heterocycles. The topological polar surface area (TPSA) is 108 Å². The van der Waals surface area contributed by atoms with E-state index >= 15 is 0 Å². The van der Waals surface area contributed by atoms with E-state index in [0.717, 1.165) is 109 Å². The molecule has 9 nitrogen and oxygen atoms in total. The predicted octanol–water partition coefficient (Wildman–Crippen LogP) is 26.0. The van der Waals surface area contributed by atoms with Crippen molar-refractivity contribution in [3.63, 3.8) is 0 Å². The first-order chi connectivity index (χ1) is 47.6. The van der Waals surface area contributed by atoms with Crippen LogP contribution in [0.3, 0.4) is 0 Å². The first kappa shape index (κ1) is 92.4. The van der Waals surface area contributed by atoms with Gasteiger partial charge < -0.3 is 28.5 Å². The van der Waals surface area contributed by atoms with Crippen molar-refractivity contribution in [2.45, 2.75) is 360 Å². The number of carboxylic acid groups (broad SMARTS) is 1. The quantitative estimate of drug-likeness (QED) is 0.0211. The van der Waals surface area contributed by atoms with Crippen molar-refractivity contribution in [2.75, 3.05) is 47.5 Å². The third-order valence-electron chi connectivity index (χ3n) is 17.4. The number of quaternary nitrogens is 1. The number of likely N-dealkylation sites (N-methyl/N-ethyl adjacent to an activating group) is 1. The molecule has 0 radical (unpaired) electrons. The summed E-state index contributed by atoms with van der Waals surface area (Å²) < 4.78 is 23.1. The molecule has 0 saturated carbocycles. The molecule has 0 rings (SSSR count). The minimum Gasteiger partial charge on any atom is -0.477 e. The lowest BCUT2D eigenvalue weighted by Crippen LogP contribution is -2.40. The Labute approximate surface area is 599 Å². The van der Waals surface area contributed by atoms with Crippen LogP contribution in [0.25, 0.3) is 0 Å². The molecule has 9 heteroatoms. The van der Waals surface area contributed by atoms with Gasteiger partial charge in [0, 0.05) is 12.8 Å². The largest absolute Gasteiger partial charge is 0.477 e. The summed E-state index contributed by atoms with van der Waals surface area (Å²) in [6, 6.07) is 0. The number of hydrogen-bond donors (Lipinski definition) is 1. The van der Waals surface area contributed by atoms with Gasteiger partial charge in [-0.3, -0.25) is 9.59 Å². The molecule has 0 saturated heterocycles. The zero-order valence-corrected chi connectivity index (χ0v) is 63.7. The van der Waals surface area contributed by atoms with E-state index in [9.17, 15) is 19.5 Å². The number of carboxylic acids is 1. The summed E-state index contributed by atoms with van der Waals surface area (Å²) in [6.07, 6.45) is 109. The van der Waals surface area contributed by atoms with E-state index in [1.165, 1.54) is 212 Å². The van der Waals surface area contributed by atoms with Crippen LogP contribution >= 0.6 is 0 Å². The highest BCUT2D eigenvalue weighted by Crippen LogP contribution is 2.19. The zero-order valence-electron chi connectivity index (χ0n) is 63.7. The summed E-state index contributed by atoms with van der Waals surface area (Å²) in [6.45, 7) is 4.69. The van der Waals surface area contributed by atoms with E-state index in [1.807, 2.05) is 21.1 Å². The molecule has 1 N–H and O–H groups in total. The van der Waals surface area contributed by atoms with Crippen LogP contribution in [0.5, 0.6) is 0 Å². The minimum atomic E-state index is -1.52. The number of carbonyl (C=O) groups excluding carboxylic acids is 2. The van der Waals surface area contributed by atoms with E-state index < -0.39 is 24.3 Å². The molecule has 0 spiro atoms. The van der Waals surface area contributed by atoms with Gasteiger partial charge in [0.25, 0.3) is 6.29 Å². The second-order valence-corrected chi connectivity index (χ2v) is 28.0. The SMILES string of the molecule is CC/C=C\C/C=C\C/C=C\C/C=C\C/C=C\C/C=C\C/C=C\CCCCCCCCCCCCCCCCCC(=O)OC(COC(=O)CCCCCCCCCCCCCCCCCCCCCCCC/C=C\C/C=C\C/C=C\C/C=C\CC)COC(OCC[N+](C)(C)C)C(=O)O. The Balaban J connectivity index is 4.02. The fraction of sp³-hybridized carbons (Fsp3) is 0.716. The third kappa shape index (κ3) is 78.6. The number of rotatable bonds is 74. The molecule has 0 amide bonds. The summed E-state index contributed by atoms with van der Waals surface area (Å²) in [5, 5.41) is 9.78. The number of hydrogen-bond acceptors (Lipinski definition) is 7. The van der Waals surface area contributed by atoms with Gasteiger partial charge >= 0.3 is 17.9 Å². The molecule has 0 aromatic carbocycles. The molecule has 556 valence electrons.